The molecule has 6 heteroatoms. The molecule has 0 saturated heterocycles. The predicted molar refractivity (Wildman–Crippen MR) is 100 cm³/mol. The van der Waals surface area contributed by atoms with E-state index in [0.29, 0.717) is 11.6 Å². The topological polar surface area (TPSA) is 85.7 Å². The number of nitrogens with one attached hydrogen (secondary N) is 2. The second kappa shape index (κ2) is 6.45. The van der Waals surface area contributed by atoms with Crippen molar-refractivity contribution in [3.63, 3.8) is 0 Å². The average Bonchev–Trinajstić information content (AvgIpc) is 3.20. The van der Waals surface area contributed by atoms with Crippen LogP contribution in [0.2, 0.25) is 0 Å². The minimum Gasteiger partial charge on any atom is -0.492 e. The van der Waals surface area contributed by atoms with Gasteiger partial charge in [-0.15, -0.1) is 0 Å². The zero-order valence-corrected chi connectivity index (χ0v) is 13.2. The van der Waals surface area contributed by atoms with Crippen molar-refractivity contribution < 1.29 is 5.11 Å². The molecule has 122 valence electrons. The Labute approximate surface area is 144 Å². The zero-order valence-electron chi connectivity index (χ0n) is 13.2. The number of hydrogen-bond acceptors (Lipinski definition) is 5. The highest BCUT2D eigenvalue weighted by atomic mass is 16.3. The molecule has 4 rings (SSSR count). The zero-order chi connectivity index (χ0) is 17.1. The number of aromatic hydroxyl groups is 1. The van der Waals surface area contributed by atoms with E-state index in [1.807, 2.05) is 60.7 Å². The number of H-pyrrole nitrogens is 1. The van der Waals surface area contributed by atoms with E-state index in [1.165, 1.54) is 0 Å². The first kappa shape index (κ1) is 14.9. The van der Waals surface area contributed by atoms with E-state index in [9.17, 15) is 5.11 Å². The van der Waals surface area contributed by atoms with Crippen molar-refractivity contribution in [2.24, 2.45) is 10.1 Å². The quantitative estimate of drug-likeness (QED) is 0.502. The Bertz CT molecular complexity index is 986. The first-order valence-electron chi connectivity index (χ1n) is 7.78. The Hall–Kier alpha value is -3.67. The van der Waals surface area contributed by atoms with Gasteiger partial charge in [-0.25, -0.2) is 5.43 Å². The van der Waals surface area contributed by atoms with Crippen molar-refractivity contribution in [2.45, 2.75) is 0 Å². The molecular formula is C19H15N5O. The molecular weight excluding hydrogens is 314 g/mol. The highest BCUT2D eigenvalue weighted by Crippen LogP contribution is 2.33. The van der Waals surface area contributed by atoms with E-state index in [1.54, 1.807) is 12.4 Å². The van der Waals surface area contributed by atoms with Gasteiger partial charge in [0.1, 0.15) is 5.69 Å². The average molecular weight is 329 g/mol. The SMILES string of the molecule is Oc1nc(N/N=C/c2ccccc2)[nH]c1/C=C1\C=Nc2ccccc21. The molecule has 2 aromatic carbocycles. The molecule has 0 bridgehead atoms. The maximum Gasteiger partial charge on any atom is 0.238 e. The fraction of sp³-hybridized carbons (Fsp3) is 0. The highest BCUT2D eigenvalue weighted by Gasteiger charge is 2.13. The summed E-state index contributed by atoms with van der Waals surface area (Å²) in [5, 5.41) is 14.1. The molecule has 0 saturated carbocycles. The van der Waals surface area contributed by atoms with Crippen molar-refractivity contribution in [2.75, 3.05) is 5.43 Å². The number of benzene rings is 2. The Morgan fingerprint density at radius 3 is 2.72 bits per heavy atom. The van der Waals surface area contributed by atoms with Crippen LogP contribution in [0.4, 0.5) is 11.6 Å². The third kappa shape index (κ3) is 3.18. The number of hydrazone groups is 1. The first-order valence-corrected chi connectivity index (χ1v) is 7.78. The normalized spacial score (nSPS) is 14.3. The van der Waals surface area contributed by atoms with Gasteiger partial charge < -0.3 is 10.1 Å². The minimum atomic E-state index is -0.0947. The number of imidazole rings is 1. The number of nitrogens with zero attached hydrogens (tertiary/aromatic N) is 3. The lowest BCUT2D eigenvalue weighted by Crippen LogP contribution is -1.92. The van der Waals surface area contributed by atoms with Crippen LogP contribution < -0.4 is 5.43 Å². The Morgan fingerprint density at radius 2 is 1.84 bits per heavy atom. The molecule has 6 nitrogen and oxygen atoms in total. The van der Waals surface area contributed by atoms with E-state index in [-0.39, 0.29) is 5.88 Å². The Kier molecular flexibility index (Phi) is 3.84. The summed E-state index contributed by atoms with van der Waals surface area (Å²) >= 11 is 0. The molecule has 1 aliphatic heterocycles. The summed E-state index contributed by atoms with van der Waals surface area (Å²) in [4.78, 5) is 11.4. The smallest absolute Gasteiger partial charge is 0.238 e. The van der Waals surface area contributed by atoms with Gasteiger partial charge in [-0.3, -0.25) is 4.99 Å². The van der Waals surface area contributed by atoms with E-state index < -0.39 is 0 Å². The first-order chi connectivity index (χ1) is 12.3. The second-order valence-electron chi connectivity index (χ2n) is 5.48. The fourth-order valence-electron chi connectivity index (χ4n) is 2.55. The molecule has 0 radical (unpaired) electrons. The van der Waals surface area contributed by atoms with Crippen molar-refractivity contribution >= 4 is 35.7 Å². The summed E-state index contributed by atoms with van der Waals surface area (Å²) in [5.41, 5.74) is 7.09. The van der Waals surface area contributed by atoms with Crippen molar-refractivity contribution in [3.8, 4) is 5.88 Å². The largest absolute Gasteiger partial charge is 0.492 e. The molecule has 25 heavy (non-hydrogen) atoms. The summed E-state index contributed by atoms with van der Waals surface area (Å²) in [7, 11) is 0. The number of anilines is 1. The fourth-order valence-corrected chi connectivity index (χ4v) is 2.55. The van der Waals surface area contributed by atoms with Crippen LogP contribution >= 0.6 is 0 Å². The molecule has 3 aromatic rings. The molecule has 1 aromatic heterocycles. The van der Waals surface area contributed by atoms with Gasteiger partial charge in [0.15, 0.2) is 0 Å². The van der Waals surface area contributed by atoms with E-state index in [0.717, 1.165) is 22.4 Å². The Balaban J connectivity index is 1.53. The van der Waals surface area contributed by atoms with Gasteiger partial charge in [-0.2, -0.15) is 10.1 Å². The monoisotopic (exact) mass is 329 g/mol. The standard InChI is InChI=1S/C19H15N5O/c25-18-17(10-14-12-20-16-9-5-4-8-15(14)16)22-19(23-18)24-21-11-13-6-2-1-3-7-13/h1-12,25H,(H2,22,23,24)/b14-10+,21-11+. The number of aromatic nitrogens is 2. The molecule has 0 atom stereocenters. The lowest BCUT2D eigenvalue weighted by atomic mass is 10.1. The van der Waals surface area contributed by atoms with E-state index in [4.69, 9.17) is 0 Å². The third-order valence-electron chi connectivity index (χ3n) is 3.75. The van der Waals surface area contributed by atoms with E-state index in [2.05, 4.69) is 25.5 Å². The van der Waals surface area contributed by atoms with Crippen LogP contribution in [0, 0.1) is 0 Å². The summed E-state index contributed by atoms with van der Waals surface area (Å²) in [6.45, 7) is 0. The molecule has 0 aliphatic carbocycles. The minimum absolute atomic E-state index is 0.0947. The van der Waals surface area contributed by atoms with Crippen LogP contribution in [0.1, 0.15) is 16.8 Å². The summed E-state index contributed by atoms with van der Waals surface area (Å²) < 4.78 is 0. The van der Waals surface area contributed by atoms with Gasteiger partial charge in [-0.1, -0.05) is 48.5 Å². The molecule has 0 unspecified atom stereocenters. The molecule has 0 fully saturated rings. The maximum atomic E-state index is 10.0. The number of allylic oxidation sites excluding steroid dienone is 1. The lowest BCUT2D eigenvalue weighted by molar-refractivity contribution is 0.455. The summed E-state index contributed by atoms with van der Waals surface area (Å²) in [5.74, 6) is 0.266. The summed E-state index contributed by atoms with van der Waals surface area (Å²) in [6, 6.07) is 17.5. The van der Waals surface area contributed by atoms with Gasteiger partial charge in [-0.05, 0) is 17.7 Å². The van der Waals surface area contributed by atoms with Gasteiger partial charge in [0.25, 0.3) is 0 Å². The third-order valence-corrected chi connectivity index (χ3v) is 3.75. The molecule has 2 heterocycles. The summed E-state index contributed by atoms with van der Waals surface area (Å²) in [6.07, 6.45) is 5.26. The molecule has 1 aliphatic rings. The van der Waals surface area contributed by atoms with Gasteiger partial charge in [0.2, 0.25) is 11.8 Å². The number of hydrogen-bond donors (Lipinski definition) is 3. The van der Waals surface area contributed by atoms with Crippen LogP contribution in [0.5, 0.6) is 5.88 Å². The number of aliphatic imine (C=N–C) groups is 1. The second-order valence-corrected chi connectivity index (χ2v) is 5.48. The predicted octanol–water partition coefficient (Wildman–Crippen LogP) is 3.82. The Morgan fingerprint density at radius 1 is 1.04 bits per heavy atom. The van der Waals surface area contributed by atoms with Crippen LogP contribution in [0.3, 0.4) is 0 Å². The lowest BCUT2D eigenvalue weighted by Gasteiger charge is -1.98. The van der Waals surface area contributed by atoms with Crippen molar-refractivity contribution in [3.05, 3.63) is 71.4 Å². The van der Waals surface area contributed by atoms with Crippen LogP contribution in [0.15, 0.2) is 64.7 Å². The molecule has 0 spiro atoms. The number of para-hydroxylation sites is 1. The van der Waals surface area contributed by atoms with Crippen LogP contribution in [0.25, 0.3) is 11.6 Å². The number of aromatic amines is 1. The highest BCUT2D eigenvalue weighted by molar-refractivity contribution is 6.21. The van der Waals surface area contributed by atoms with Crippen LogP contribution in [-0.2, 0) is 0 Å². The number of fused-ring (bicyclic) bond motifs is 1. The van der Waals surface area contributed by atoms with Gasteiger partial charge in [0.05, 0.1) is 11.9 Å². The van der Waals surface area contributed by atoms with Crippen LogP contribution in [-0.4, -0.2) is 27.5 Å². The molecule has 3 N–H and O–H groups in total. The van der Waals surface area contributed by atoms with Gasteiger partial charge in [0, 0.05) is 17.4 Å². The van der Waals surface area contributed by atoms with E-state index >= 15 is 0 Å². The van der Waals surface area contributed by atoms with Gasteiger partial charge >= 0.3 is 0 Å². The number of rotatable bonds is 4. The van der Waals surface area contributed by atoms with Crippen molar-refractivity contribution in [1.29, 1.82) is 0 Å². The van der Waals surface area contributed by atoms with Crippen molar-refractivity contribution in [1.82, 2.24) is 9.97 Å². The maximum absolute atomic E-state index is 10.0. The molecule has 0 amide bonds.